The highest BCUT2D eigenvalue weighted by Gasteiger charge is 2.20. The smallest absolute Gasteiger partial charge is 0.105 e. The first-order valence-corrected chi connectivity index (χ1v) is 6.12. The summed E-state index contributed by atoms with van der Waals surface area (Å²) >= 11 is 0. The molecule has 1 aromatic carbocycles. The van der Waals surface area contributed by atoms with Crippen LogP contribution in [0.5, 0.6) is 0 Å². The van der Waals surface area contributed by atoms with E-state index in [1.807, 2.05) is 0 Å². The highest BCUT2D eigenvalue weighted by atomic mass is 15.1. The van der Waals surface area contributed by atoms with Crippen LogP contribution in [0.3, 0.4) is 0 Å². The van der Waals surface area contributed by atoms with Crippen LogP contribution >= 0.6 is 0 Å². The summed E-state index contributed by atoms with van der Waals surface area (Å²) in [5.74, 6) is 0. The molecule has 2 rings (SSSR count). The Morgan fingerprint density at radius 2 is 2.12 bits per heavy atom. The molecule has 1 aromatic rings. The highest BCUT2D eigenvalue weighted by Crippen LogP contribution is 2.32. The standard InChI is InChI=1S/C15H19N2/c1-15(2,3)13-6-7-14-12(11-13)5-4-9-17(14)10-8-16/h5-7,11H,4,9-10H2,1-3H3. The normalized spacial score (nSPS) is 15.3. The Labute approximate surface area is 104 Å². The maximum atomic E-state index is 8.83. The first-order chi connectivity index (χ1) is 8.02. The topological polar surface area (TPSA) is 27.0 Å². The summed E-state index contributed by atoms with van der Waals surface area (Å²) in [5.41, 5.74) is 4.01. The van der Waals surface area contributed by atoms with Gasteiger partial charge in [-0.2, -0.15) is 5.26 Å². The molecule has 1 heterocycles. The number of rotatable bonds is 1. The van der Waals surface area contributed by atoms with Crippen molar-refractivity contribution < 1.29 is 0 Å². The third-order valence-electron chi connectivity index (χ3n) is 3.26. The first-order valence-electron chi connectivity index (χ1n) is 6.12. The zero-order valence-electron chi connectivity index (χ0n) is 10.8. The summed E-state index contributed by atoms with van der Waals surface area (Å²) in [4.78, 5) is 2.15. The monoisotopic (exact) mass is 227 g/mol. The predicted molar refractivity (Wildman–Crippen MR) is 71.0 cm³/mol. The van der Waals surface area contributed by atoms with E-state index < -0.39 is 0 Å². The van der Waals surface area contributed by atoms with Gasteiger partial charge in [0.05, 0.1) is 6.07 Å². The maximum Gasteiger partial charge on any atom is 0.105 e. The van der Waals surface area contributed by atoms with Crippen molar-refractivity contribution in [3.63, 3.8) is 0 Å². The molecule has 0 amide bonds. The molecular weight excluding hydrogens is 208 g/mol. The fourth-order valence-electron chi connectivity index (χ4n) is 2.22. The van der Waals surface area contributed by atoms with E-state index in [-0.39, 0.29) is 5.41 Å². The minimum Gasteiger partial charge on any atom is -0.358 e. The van der Waals surface area contributed by atoms with Gasteiger partial charge in [0.1, 0.15) is 6.54 Å². The minimum absolute atomic E-state index is 0.181. The summed E-state index contributed by atoms with van der Waals surface area (Å²) in [7, 11) is 0. The Morgan fingerprint density at radius 3 is 2.76 bits per heavy atom. The number of fused-ring (bicyclic) bond motifs is 1. The molecule has 89 valence electrons. The Hall–Kier alpha value is -1.49. The predicted octanol–water partition coefficient (Wildman–Crippen LogP) is 3.27. The van der Waals surface area contributed by atoms with E-state index in [4.69, 9.17) is 5.26 Å². The zero-order valence-corrected chi connectivity index (χ0v) is 10.8. The minimum atomic E-state index is 0.181. The van der Waals surface area contributed by atoms with Crippen molar-refractivity contribution in [2.75, 3.05) is 18.0 Å². The molecule has 1 radical (unpaired) electrons. The van der Waals surface area contributed by atoms with Gasteiger partial charge < -0.3 is 4.90 Å². The fourth-order valence-corrected chi connectivity index (χ4v) is 2.22. The number of hydrogen-bond acceptors (Lipinski definition) is 2. The zero-order chi connectivity index (χ0) is 12.5. The molecule has 0 bridgehead atoms. The number of nitrogens with zero attached hydrogens (tertiary/aromatic N) is 2. The van der Waals surface area contributed by atoms with Crippen molar-refractivity contribution in [1.29, 1.82) is 5.26 Å². The second-order valence-corrected chi connectivity index (χ2v) is 5.60. The van der Waals surface area contributed by atoms with Gasteiger partial charge in [0.2, 0.25) is 0 Å². The Balaban J connectivity index is 2.37. The molecule has 0 unspecified atom stereocenters. The average Bonchev–Trinajstić information content (AvgIpc) is 2.28. The third kappa shape index (κ3) is 2.44. The number of hydrogen-bond donors (Lipinski definition) is 0. The molecule has 1 aliphatic heterocycles. The highest BCUT2D eigenvalue weighted by molar-refractivity contribution is 5.61. The van der Waals surface area contributed by atoms with Gasteiger partial charge in [-0.3, -0.25) is 0 Å². The molecule has 1 aliphatic rings. The average molecular weight is 227 g/mol. The van der Waals surface area contributed by atoms with E-state index in [9.17, 15) is 0 Å². The van der Waals surface area contributed by atoms with Crippen LogP contribution in [0, 0.1) is 17.8 Å². The molecule has 0 atom stereocenters. The second-order valence-electron chi connectivity index (χ2n) is 5.60. The Kier molecular flexibility index (Phi) is 3.11. The summed E-state index contributed by atoms with van der Waals surface area (Å²) < 4.78 is 0. The van der Waals surface area contributed by atoms with Crippen molar-refractivity contribution in [3.05, 3.63) is 35.7 Å². The van der Waals surface area contributed by atoms with Gasteiger partial charge in [-0.15, -0.1) is 0 Å². The maximum absolute atomic E-state index is 8.83. The molecule has 0 N–H and O–H groups in total. The van der Waals surface area contributed by atoms with Crippen molar-refractivity contribution in [2.45, 2.75) is 32.6 Å². The van der Waals surface area contributed by atoms with Gasteiger partial charge in [0, 0.05) is 12.2 Å². The van der Waals surface area contributed by atoms with Crippen molar-refractivity contribution in [3.8, 4) is 6.07 Å². The summed E-state index contributed by atoms with van der Waals surface area (Å²) in [6.45, 7) is 8.12. The van der Waals surface area contributed by atoms with Gasteiger partial charge in [-0.05, 0) is 35.4 Å². The lowest BCUT2D eigenvalue weighted by molar-refractivity contribution is 0.589. The Morgan fingerprint density at radius 1 is 1.35 bits per heavy atom. The van der Waals surface area contributed by atoms with Crippen molar-refractivity contribution in [2.24, 2.45) is 0 Å². The van der Waals surface area contributed by atoms with E-state index >= 15 is 0 Å². The van der Waals surface area contributed by atoms with E-state index in [2.05, 4.69) is 56.4 Å². The van der Waals surface area contributed by atoms with Gasteiger partial charge >= 0.3 is 0 Å². The van der Waals surface area contributed by atoms with Crippen molar-refractivity contribution in [1.82, 2.24) is 0 Å². The van der Waals surface area contributed by atoms with E-state index in [0.29, 0.717) is 6.54 Å². The second kappa shape index (κ2) is 4.41. The molecule has 0 aliphatic carbocycles. The van der Waals surface area contributed by atoms with Crippen LogP contribution in [-0.4, -0.2) is 13.1 Å². The van der Waals surface area contributed by atoms with E-state index in [1.54, 1.807) is 0 Å². The summed E-state index contributed by atoms with van der Waals surface area (Å²) in [6, 6.07) is 8.84. The van der Waals surface area contributed by atoms with E-state index in [0.717, 1.165) is 13.0 Å². The van der Waals surface area contributed by atoms with Crippen LogP contribution in [-0.2, 0) is 5.41 Å². The molecule has 17 heavy (non-hydrogen) atoms. The number of benzene rings is 1. The van der Waals surface area contributed by atoms with Gasteiger partial charge in [0.25, 0.3) is 0 Å². The molecule has 0 fully saturated rings. The summed E-state index contributed by atoms with van der Waals surface area (Å²) in [6.07, 6.45) is 3.31. The Bertz CT molecular complexity index is 449. The van der Waals surface area contributed by atoms with Crippen molar-refractivity contribution >= 4 is 5.69 Å². The molecule has 0 saturated heterocycles. The molecule has 0 spiro atoms. The van der Waals surface area contributed by atoms with Gasteiger partial charge in [-0.1, -0.05) is 32.9 Å². The van der Waals surface area contributed by atoms with Crippen LogP contribution in [0.1, 0.15) is 38.3 Å². The van der Waals surface area contributed by atoms with E-state index in [1.165, 1.54) is 16.8 Å². The molecule has 2 nitrogen and oxygen atoms in total. The quantitative estimate of drug-likeness (QED) is 0.688. The van der Waals surface area contributed by atoms with Crippen LogP contribution in [0.25, 0.3) is 0 Å². The van der Waals surface area contributed by atoms with Crippen LogP contribution < -0.4 is 4.90 Å². The first kappa shape index (κ1) is 12.0. The van der Waals surface area contributed by atoms with Crippen LogP contribution in [0.4, 0.5) is 5.69 Å². The molecule has 0 aromatic heterocycles. The third-order valence-corrected chi connectivity index (χ3v) is 3.26. The number of anilines is 1. The van der Waals surface area contributed by atoms with Gasteiger partial charge in [-0.25, -0.2) is 0 Å². The molecular formula is C15H19N2. The fraction of sp³-hybridized carbons (Fsp3) is 0.467. The SMILES string of the molecule is CC(C)(C)c1ccc2c(c1)[CH]CCN2CC#N. The molecule has 0 saturated carbocycles. The molecule has 2 heteroatoms. The van der Waals surface area contributed by atoms with Crippen LogP contribution in [0.15, 0.2) is 18.2 Å². The number of nitriles is 1. The largest absolute Gasteiger partial charge is 0.358 e. The summed E-state index contributed by atoms with van der Waals surface area (Å²) in [5, 5.41) is 8.83. The lowest BCUT2D eigenvalue weighted by Crippen LogP contribution is -2.29. The lowest BCUT2D eigenvalue weighted by Gasteiger charge is -2.30. The van der Waals surface area contributed by atoms with Gasteiger partial charge in [0.15, 0.2) is 0 Å². The van der Waals surface area contributed by atoms with Crippen LogP contribution in [0.2, 0.25) is 0 Å². The lowest BCUT2D eigenvalue weighted by atomic mass is 9.84.